The minimum atomic E-state index is -1.17. The molecule has 28 heavy (non-hydrogen) atoms. The number of amides is 2. The molecule has 0 atom stereocenters. The average Bonchev–Trinajstić information content (AvgIpc) is 2.50. The van der Waals surface area contributed by atoms with Crippen LogP contribution in [0.15, 0.2) is 12.3 Å². The van der Waals surface area contributed by atoms with Crippen molar-refractivity contribution in [3.63, 3.8) is 0 Å². The lowest BCUT2D eigenvalue weighted by atomic mass is 10.2. The van der Waals surface area contributed by atoms with E-state index in [4.69, 9.17) is 9.47 Å². The molecule has 1 aromatic heterocycles. The molecule has 0 bridgehead atoms. The van der Waals surface area contributed by atoms with Gasteiger partial charge in [-0.2, -0.15) is 4.90 Å². The monoisotopic (exact) mass is 397 g/mol. The van der Waals surface area contributed by atoms with Crippen LogP contribution in [0.25, 0.3) is 0 Å². The van der Waals surface area contributed by atoms with Crippen LogP contribution in [0.1, 0.15) is 51.9 Å². The number of carbonyl (C=O) groups is 3. The van der Waals surface area contributed by atoms with Gasteiger partial charge < -0.3 is 14.2 Å². The van der Waals surface area contributed by atoms with Crippen molar-refractivity contribution in [3.8, 4) is 0 Å². The Kier molecular flexibility index (Phi) is 6.67. The fourth-order valence-corrected chi connectivity index (χ4v) is 1.85. The summed E-state index contributed by atoms with van der Waals surface area (Å²) in [6, 6.07) is 0.843. The highest BCUT2D eigenvalue weighted by Crippen LogP contribution is 2.27. The van der Waals surface area contributed by atoms with Crippen LogP contribution in [-0.4, -0.2) is 46.4 Å². The van der Waals surface area contributed by atoms with Gasteiger partial charge in [0.05, 0.1) is 12.0 Å². The van der Waals surface area contributed by atoms with Gasteiger partial charge in [-0.1, -0.05) is 0 Å². The van der Waals surface area contributed by atoms with Crippen LogP contribution < -0.4 is 4.90 Å². The SMILES string of the molecule is COC(=O)c1cc([N+](=O)[O-])cnc1N(C(=O)OC(C)(C)C)C(=O)OC(C)(C)C. The molecule has 0 fully saturated rings. The van der Waals surface area contributed by atoms with Gasteiger partial charge in [-0.3, -0.25) is 10.1 Å². The molecule has 1 heterocycles. The van der Waals surface area contributed by atoms with E-state index in [-0.39, 0.29) is 0 Å². The van der Waals surface area contributed by atoms with Gasteiger partial charge in [0.15, 0.2) is 5.82 Å². The van der Waals surface area contributed by atoms with Gasteiger partial charge in [-0.05, 0) is 41.5 Å². The molecule has 0 aliphatic carbocycles. The lowest BCUT2D eigenvalue weighted by molar-refractivity contribution is -0.385. The number of carbonyl (C=O) groups excluding carboxylic acids is 3. The molecule has 0 radical (unpaired) electrons. The number of methoxy groups -OCH3 is 1. The summed E-state index contributed by atoms with van der Waals surface area (Å²) < 4.78 is 15.0. The van der Waals surface area contributed by atoms with Crippen molar-refractivity contribution >= 4 is 29.7 Å². The molecule has 1 aromatic rings. The smallest absolute Gasteiger partial charge is 0.425 e. The fraction of sp³-hybridized carbons (Fsp3) is 0.529. The first-order valence-corrected chi connectivity index (χ1v) is 8.15. The van der Waals surface area contributed by atoms with Crippen molar-refractivity contribution in [2.24, 2.45) is 0 Å². The molecule has 11 heteroatoms. The molecule has 154 valence electrons. The molecule has 0 aromatic carbocycles. The molecule has 1 rings (SSSR count). The third-order valence-corrected chi connectivity index (χ3v) is 2.83. The number of hydrogen-bond donors (Lipinski definition) is 0. The summed E-state index contributed by atoms with van der Waals surface area (Å²) in [6.07, 6.45) is -1.55. The number of aromatic nitrogens is 1. The summed E-state index contributed by atoms with van der Waals surface area (Å²) in [4.78, 5) is 51.8. The normalized spacial score (nSPS) is 11.4. The lowest BCUT2D eigenvalue weighted by Crippen LogP contribution is -2.44. The largest absolute Gasteiger partial charge is 0.465 e. The third-order valence-electron chi connectivity index (χ3n) is 2.83. The second kappa shape index (κ2) is 8.19. The molecule has 0 spiro atoms. The molecule has 2 amide bonds. The Bertz CT molecular complexity index is 765. The first-order chi connectivity index (χ1) is 12.7. The van der Waals surface area contributed by atoms with Crippen molar-refractivity contribution < 1.29 is 33.5 Å². The van der Waals surface area contributed by atoms with E-state index >= 15 is 0 Å². The molecule has 0 aliphatic rings. The number of imide groups is 1. The van der Waals surface area contributed by atoms with Crippen LogP contribution in [0.3, 0.4) is 0 Å². The highest BCUT2D eigenvalue weighted by atomic mass is 16.6. The van der Waals surface area contributed by atoms with Gasteiger partial charge in [0.25, 0.3) is 5.69 Å². The van der Waals surface area contributed by atoms with E-state index in [1.807, 2.05) is 0 Å². The van der Waals surface area contributed by atoms with Crippen LogP contribution >= 0.6 is 0 Å². The highest BCUT2D eigenvalue weighted by molar-refractivity contribution is 6.12. The number of pyridine rings is 1. The van der Waals surface area contributed by atoms with Crippen LogP contribution in [-0.2, 0) is 14.2 Å². The number of hydrogen-bond acceptors (Lipinski definition) is 9. The van der Waals surface area contributed by atoms with Gasteiger partial charge >= 0.3 is 18.2 Å². The molecule has 0 saturated carbocycles. The molecule has 0 unspecified atom stereocenters. The second-order valence-corrected chi connectivity index (χ2v) is 7.61. The van der Waals surface area contributed by atoms with E-state index in [0.717, 1.165) is 19.4 Å². The maximum atomic E-state index is 12.6. The predicted molar refractivity (Wildman–Crippen MR) is 97.2 cm³/mol. The molecule has 0 aliphatic heterocycles. The van der Waals surface area contributed by atoms with Crippen molar-refractivity contribution in [1.82, 2.24) is 4.98 Å². The number of esters is 1. The average molecular weight is 397 g/mol. The van der Waals surface area contributed by atoms with Crippen LogP contribution in [0.4, 0.5) is 21.1 Å². The van der Waals surface area contributed by atoms with Gasteiger partial charge in [-0.15, -0.1) is 0 Å². The Labute approximate surface area is 161 Å². The Morgan fingerprint density at radius 1 is 1.04 bits per heavy atom. The number of nitrogens with zero attached hydrogens (tertiary/aromatic N) is 3. The van der Waals surface area contributed by atoms with Crippen molar-refractivity contribution in [1.29, 1.82) is 0 Å². The summed E-state index contributed by atoms with van der Waals surface area (Å²) in [5.41, 5.74) is -2.97. The van der Waals surface area contributed by atoms with Crippen molar-refractivity contribution in [2.75, 3.05) is 12.0 Å². The molecular formula is C17H23N3O8. The number of nitro groups is 1. The van der Waals surface area contributed by atoms with Gasteiger partial charge in [0.1, 0.15) is 23.0 Å². The highest BCUT2D eigenvalue weighted by Gasteiger charge is 2.37. The van der Waals surface area contributed by atoms with Crippen molar-refractivity contribution in [2.45, 2.75) is 52.7 Å². The maximum absolute atomic E-state index is 12.6. The number of anilines is 1. The minimum Gasteiger partial charge on any atom is -0.465 e. The van der Waals surface area contributed by atoms with Crippen LogP contribution in [0.2, 0.25) is 0 Å². The van der Waals surface area contributed by atoms with E-state index in [1.54, 1.807) is 41.5 Å². The Balaban J connectivity index is 3.59. The molecular weight excluding hydrogens is 374 g/mol. The van der Waals surface area contributed by atoms with Gasteiger partial charge in [0.2, 0.25) is 0 Å². The molecule has 0 saturated heterocycles. The van der Waals surface area contributed by atoms with E-state index in [1.165, 1.54) is 0 Å². The van der Waals surface area contributed by atoms with Crippen molar-refractivity contribution in [3.05, 3.63) is 27.9 Å². The topological polar surface area (TPSA) is 138 Å². The van der Waals surface area contributed by atoms with Crippen LogP contribution in [0, 0.1) is 10.1 Å². The number of rotatable bonds is 3. The van der Waals surface area contributed by atoms with E-state index in [2.05, 4.69) is 9.72 Å². The quantitative estimate of drug-likeness (QED) is 0.325. The summed E-state index contributed by atoms with van der Waals surface area (Å²) >= 11 is 0. The zero-order valence-electron chi connectivity index (χ0n) is 16.8. The van der Waals surface area contributed by atoms with Gasteiger partial charge in [0, 0.05) is 6.07 Å². The summed E-state index contributed by atoms with van der Waals surface area (Å²) in [5.74, 6) is -1.55. The zero-order chi connectivity index (χ0) is 21.9. The van der Waals surface area contributed by atoms with E-state index in [0.29, 0.717) is 4.90 Å². The fourth-order valence-electron chi connectivity index (χ4n) is 1.85. The lowest BCUT2D eigenvalue weighted by Gasteiger charge is -2.28. The Hall–Kier alpha value is -3.24. The summed E-state index contributed by atoms with van der Waals surface area (Å²) in [6.45, 7) is 9.43. The van der Waals surface area contributed by atoms with Crippen LogP contribution in [0.5, 0.6) is 0 Å². The predicted octanol–water partition coefficient (Wildman–Crippen LogP) is 3.45. The number of ether oxygens (including phenoxy) is 3. The second-order valence-electron chi connectivity index (χ2n) is 7.61. The van der Waals surface area contributed by atoms with E-state index in [9.17, 15) is 24.5 Å². The Morgan fingerprint density at radius 2 is 1.50 bits per heavy atom. The first-order valence-electron chi connectivity index (χ1n) is 8.15. The van der Waals surface area contributed by atoms with Gasteiger partial charge in [-0.25, -0.2) is 19.4 Å². The standard InChI is InChI=1S/C17H23N3O8/c1-16(2,3)27-14(22)19(15(23)28-17(4,5)6)12-11(13(21)26-7)8-10(9-18-12)20(24)25/h8-9H,1-7H3. The van der Waals surface area contributed by atoms with E-state index < -0.39 is 51.3 Å². The maximum Gasteiger partial charge on any atom is 0.425 e. The minimum absolute atomic E-state index is 0.395. The third kappa shape index (κ3) is 6.18. The summed E-state index contributed by atoms with van der Waals surface area (Å²) in [5, 5.41) is 11.0. The summed E-state index contributed by atoms with van der Waals surface area (Å²) in [7, 11) is 1.04. The Morgan fingerprint density at radius 3 is 1.86 bits per heavy atom. The zero-order valence-corrected chi connectivity index (χ0v) is 16.8. The first kappa shape index (κ1) is 22.8. The molecule has 11 nitrogen and oxygen atoms in total. The molecule has 0 N–H and O–H groups in total.